The molecule has 0 saturated heterocycles. The predicted molar refractivity (Wildman–Crippen MR) is 335 cm³/mol. The molecule has 0 unspecified atom stereocenters. The molecule has 5 rings (SSSR count). The van der Waals surface area contributed by atoms with Gasteiger partial charge in [-0.25, -0.2) is 9.59 Å². The molecule has 452 valence electrons. The molecular formula is C72H104O10. The first kappa shape index (κ1) is 67.2. The van der Waals surface area contributed by atoms with Crippen LogP contribution in [0.3, 0.4) is 0 Å². The summed E-state index contributed by atoms with van der Waals surface area (Å²) >= 11 is 0. The van der Waals surface area contributed by atoms with Crippen LogP contribution < -0.4 is 18.9 Å². The average Bonchev–Trinajstić information content (AvgIpc) is 3.23. The fraction of sp³-hybridized carbons (Fsp3) is 0.583. The van der Waals surface area contributed by atoms with Crippen molar-refractivity contribution in [3.05, 3.63) is 140 Å². The molecule has 1 aliphatic rings. The van der Waals surface area contributed by atoms with Crippen LogP contribution in [0.25, 0.3) is 0 Å². The number of esters is 2. The fourth-order valence-corrected chi connectivity index (χ4v) is 11.0. The summed E-state index contributed by atoms with van der Waals surface area (Å²) in [5.41, 5.74) is 14.4. The molecular weight excluding hydrogens is 1020 g/mol. The third kappa shape index (κ3) is 22.9. The summed E-state index contributed by atoms with van der Waals surface area (Å²) in [6, 6.07) is 18.9. The highest BCUT2D eigenvalue weighted by Gasteiger charge is 2.25. The summed E-state index contributed by atoms with van der Waals surface area (Å²) < 4.78 is 39.4. The maximum absolute atomic E-state index is 12.5. The third-order valence-corrected chi connectivity index (χ3v) is 15.3. The second-order valence-corrected chi connectivity index (χ2v) is 23.0. The summed E-state index contributed by atoms with van der Waals surface area (Å²) in [6.07, 6.45) is 26.1. The first-order valence-corrected chi connectivity index (χ1v) is 31.9. The van der Waals surface area contributed by atoms with Gasteiger partial charge >= 0.3 is 11.9 Å². The van der Waals surface area contributed by atoms with Crippen molar-refractivity contribution in [1.82, 2.24) is 0 Å². The van der Waals surface area contributed by atoms with Gasteiger partial charge in [-0.05, 0) is 132 Å². The van der Waals surface area contributed by atoms with Crippen LogP contribution in [0.1, 0.15) is 237 Å². The standard InChI is InChI=1S/C72H104O10/c1-9-13-17-21-29-55-41-59-49-60-42-56(30-22-18-14-10-2)44-62(68(60)78-36-26-34-74)51-64-46-58(32-24-20-16-12-4)48-66(70(64)80-38-28-40-82-72(76)54(7)8)52-65-47-57(31-23-19-15-11-3)45-63(50-61(43-55)67(59)77-35-25-33-73)69(65)79-37-27-39-81-71(75)53(5)6/h41-48,73-74H,5,7,9-40,49-52H2,1-4,6,8H3. The lowest BCUT2D eigenvalue weighted by Crippen LogP contribution is -2.14. The van der Waals surface area contributed by atoms with E-state index in [4.69, 9.17) is 28.4 Å². The second-order valence-electron chi connectivity index (χ2n) is 23.0. The Kier molecular flexibility index (Phi) is 31.4. The molecule has 0 heterocycles. The number of carbonyl (C=O) groups is 2. The highest BCUT2D eigenvalue weighted by atomic mass is 16.5. The van der Waals surface area contributed by atoms with Crippen molar-refractivity contribution in [2.24, 2.45) is 0 Å². The van der Waals surface area contributed by atoms with Crippen molar-refractivity contribution < 1.29 is 48.2 Å². The molecule has 0 amide bonds. The first-order chi connectivity index (χ1) is 39.9. The second kappa shape index (κ2) is 38.3. The normalized spacial score (nSPS) is 12.0. The van der Waals surface area contributed by atoms with Gasteiger partial charge in [-0.3, -0.25) is 0 Å². The van der Waals surface area contributed by atoms with E-state index >= 15 is 0 Å². The molecule has 10 heteroatoms. The maximum atomic E-state index is 12.5. The Morgan fingerprint density at radius 3 is 0.793 bits per heavy atom. The van der Waals surface area contributed by atoms with E-state index in [0.29, 0.717) is 88.9 Å². The van der Waals surface area contributed by atoms with Crippen LogP contribution >= 0.6 is 0 Å². The predicted octanol–water partition coefficient (Wildman–Crippen LogP) is 16.2. The highest BCUT2D eigenvalue weighted by molar-refractivity contribution is 5.87. The molecule has 0 aromatic heterocycles. The van der Waals surface area contributed by atoms with Crippen molar-refractivity contribution in [3.8, 4) is 23.0 Å². The van der Waals surface area contributed by atoms with Gasteiger partial charge in [0, 0.05) is 75.7 Å². The molecule has 10 nitrogen and oxygen atoms in total. The summed E-state index contributed by atoms with van der Waals surface area (Å²) in [5, 5.41) is 20.4. The summed E-state index contributed by atoms with van der Waals surface area (Å²) in [6.45, 7) is 21.7. The van der Waals surface area contributed by atoms with E-state index in [1.807, 2.05) is 0 Å². The van der Waals surface area contributed by atoms with Crippen LogP contribution in [0.2, 0.25) is 0 Å². The topological polar surface area (TPSA) is 130 Å². The van der Waals surface area contributed by atoms with Gasteiger partial charge in [0.1, 0.15) is 23.0 Å². The number of aryl methyl sites for hydroxylation is 4. The Morgan fingerprint density at radius 1 is 0.354 bits per heavy atom. The molecule has 8 bridgehead atoms. The number of aliphatic hydroxyl groups is 2. The van der Waals surface area contributed by atoms with E-state index in [1.165, 1.54) is 47.9 Å². The van der Waals surface area contributed by atoms with Gasteiger partial charge in [0.15, 0.2) is 0 Å². The largest absolute Gasteiger partial charge is 0.493 e. The van der Waals surface area contributed by atoms with Crippen molar-refractivity contribution >= 4 is 11.9 Å². The van der Waals surface area contributed by atoms with E-state index in [9.17, 15) is 19.8 Å². The van der Waals surface area contributed by atoms with Gasteiger partial charge in [0.05, 0.1) is 39.6 Å². The van der Waals surface area contributed by atoms with Gasteiger partial charge in [-0.1, -0.05) is 166 Å². The van der Waals surface area contributed by atoms with Crippen molar-refractivity contribution in [1.29, 1.82) is 0 Å². The Morgan fingerprint density at radius 2 is 0.585 bits per heavy atom. The molecule has 1 aliphatic carbocycles. The summed E-state index contributed by atoms with van der Waals surface area (Å²) in [4.78, 5) is 25.1. The third-order valence-electron chi connectivity index (χ3n) is 15.3. The van der Waals surface area contributed by atoms with E-state index < -0.39 is 11.9 Å². The van der Waals surface area contributed by atoms with E-state index in [0.717, 1.165) is 170 Å². The van der Waals surface area contributed by atoms with Crippen LogP contribution in [0.4, 0.5) is 0 Å². The number of hydrogen-bond donors (Lipinski definition) is 2. The molecule has 0 radical (unpaired) electrons. The Labute approximate surface area is 494 Å². The molecule has 4 aromatic rings. The average molecular weight is 1130 g/mol. The molecule has 82 heavy (non-hydrogen) atoms. The Bertz CT molecular complexity index is 2420. The lowest BCUT2D eigenvalue weighted by molar-refractivity contribution is -0.140. The molecule has 0 atom stereocenters. The number of hydrogen-bond acceptors (Lipinski definition) is 10. The van der Waals surface area contributed by atoms with Crippen LogP contribution in [-0.4, -0.2) is 75.0 Å². The number of benzene rings is 4. The van der Waals surface area contributed by atoms with Crippen molar-refractivity contribution in [3.63, 3.8) is 0 Å². The number of carbonyl (C=O) groups excluding carboxylic acids is 2. The van der Waals surface area contributed by atoms with E-state index in [1.54, 1.807) is 13.8 Å². The zero-order valence-corrected chi connectivity index (χ0v) is 51.6. The highest BCUT2D eigenvalue weighted by Crippen LogP contribution is 2.42. The van der Waals surface area contributed by atoms with Crippen LogP contribution in [0.5, 0.6) is 23.0 Å². The van der Waals surface area contributed by atoms with E-state index in [2.05, 4.69) is 89.4 Å². The first-order valence-electron chi connectivity index (χ1n) is 31.9. The molecule has 0 aliphatic heterocycles. The van der Waals surface area contributed by atoms with Gasteiger partial charge in [0.25, 0.3) is 0 Å². The zero-order valence-electron chi connectivity index (χ0n) is 51.6. The number of ether oxygens (including phenoxy) is 6. The minimum absolute atomic E-state index is 0.0182. The van der Waals surface area contributed by atoms with Crippen LogP contribution in [0, 0.1) is 0 Å². The van der Waals surface area contributed by atoms with Gasteiger partial charge in [-0.15, -0.1) is 0 Å². The minimum atomic E-state index is -0.411. The van der Waals surface area contributed by atoms with Crippen molar-refractivity contribution in [2.45, 2.75) is 221 Å². The minimum Gasteiger partial charge on any atom is -0.493 e. The molecule has 4 aromatic carbocycles. The quantitative estimate of drug-likeness (QED) is 0.0222. The fourth-order valence-electron chi connectivity index (χ4n) is 11.0. The van der Waals surface area contributed by atoms with Gasteiger partial charge in [0.2, 0.25) is 0 Å². The van der Waals surface area contributed by atoms with Gasteiger partial charge in [-0.2, -0.15) is 0 Å². The van der Waals surface area contributed by atoms with Crippen LogP contribution in [-0.2, 0) is 70.4 Å². The van der Waals surface area contributed by atoms with Crippen LogP contribution in [0.15, 0.2) is 72.8 Å². The zero-order chi connectivity index (χ0) is 58.9. The molecule has 0 fully saturated rings. The summed E-state index contributed by atoms with van der Waals surface area (Å²) in [7, 11) is 0. The molecule has 2 N–H and O–H groups in total. The number of aliphatic hydroxyl groups excluding tert-OH is 2. The number of unbranched alkanes of at least 4 members (excludes halogenated alkanes) is 12. The lowest BCUT2D eigenvalue weighted by Gasteiger charge is -2.25. The Hall–Kier alpha value is -5.58. The molecule has 0 saturated carbocycles. The molecule has 0 spiro atoms. The summed E-state index contributed by atoms with van der Waals surface area (Å²) in [5.74, 6) is 2.49. The Balaban J connectivity index is 1.89. The van der Waals surface area contributed by atoms with Crippen molar-refractivity contribution in [2.75, 3.05) is 52.9 Å². The monoisotopic (exact) mass is 1130 g/mol. The lowest BCUT2D eigenvalue weighted by atomic mass is 9.87. The number of fused-ring (bicyclic) bond motifs is 8. The van der Waals surface area contributed by atoms with E-state index in [-0.39, 0.29) is 26.4 Å². The maximum Gasteiger partial charge on any atom is 0.333 e. The van der Waals surface area contributed by atoms with Gasteiger partial charge < -0.3 is 38.6 Å². The smallest absolute Gasteiger partial charge is 0.333 e. The SMILES string of the molecule is C=C(C)C(=O)OCCCOc1c2cc(CCCCCC)cc1Cc1cc(CCCCCC)cc(c1OCCCOC(=O)C(=C)C)Cc1cc(CCCCCC)cc(c1OCCCO)Cc1cc(CCCCCC)cc(c1OCCCO)C2. The number of rotatable bonds is 40.